The number of benzene rings is 1. The van der Waals surface area contributed by atoms with Crippen molar-refractivity contribution in [3.8, 4) is 11.1 Å². The van der Waals surface area contributed by atoms with Crippen LogP contribution in [0.1, 0.15) is 50.5 Å². The molecule has 0 bridgehead atoms. The van der Waals surface area contributed by atoms with Gasteiger partial charge in [-0.1, -0.05) is 43.5 Å². The summed E-state index contributed by atoms with van der Waals surface area (Å²) in [6.07, 6.45) is 11.3. The Kier molecular flexibility index (Phi) is 4.18. The van der Waals surface area contributed by atoms with Gasteiger partial charge in [-0.15, -0.1) is 0 Å². The van der Waals surface area contributed by atoms with Crippen molar-refractivity contribution in [3.63, 3.8) is 0 Å². The second-order valence-electron chi connectivity index (χ2n) is 8.30. The highest BCUT2D eigenvalue weighted by Crippen LogP contribution is 2.52. The smallest absolute Gasteiger partial charge is 0.262 e. The van der Waals surface area contributed by atoms with Crippen molar-refractivity contribution < 1.29 is 4.79 Å². The summed E-state index contributed by atoms with van der Waals surface area (Å²) in [4.78, 5) is 24.7. The number of carbonyl (C=O) groups excluding carboxylic acids is 1. The van der Waals surface area contributed by atoms with E-state index in [-0.39, 0.29) is 17.9 Å². The van der Waals surface area contributed by atoms with E-state index < -0.39 is 5.54 Å². The zero-order valence-electron chi connectivity index (χ0n) is 16.1. The molecule has 144 valence electrons. The number of aromatic nitrogens is 1. The van der Waals surface area contributed by atoms with Crippen LogP contribution >= 0.6 is 0 Å². The zero-order valence-corrected chi connectivity index (χ0v) is 16.1. The lowest BCUT2D eigenvalue weighted by Crippen LogP contribution is -2.49. The van der Waals surface area contributed by atoms with Crippen molar-refractivity contribution in [2.45, 2.75) is 56.5 Å². The fraction of sp³-hybridized carbons (Fsp3) is 0.435. The number of aliphatic imine (C=N–C) groups is 1. The Morgan fingerprint density at radius 3 is 2.50 bits per heavy atom. The van der Waals surface area contributed by atoms with Crippen LogP contribution < -0.4 is 5.73 Å². The van der Waals surface area contributed by atoms with E-state index in [1.807, 2.05) is 35.4 Å². The van der Waals surface area contributed by atoms with Crippen molar-refractivity contribution in [2.24, 2.45) is 16.6 Å². The van der Waals surface area contributed by atoms with Gasteiger partial charge in [0.15, 0.2) is 11.5 Å². The Balaban J connectivity index is 1.56. The number of carbonyl (C=O) groups is 1. The summed E-state index contributed by atoms with van der Waals surface area (Å²) < 4.78 is 0. The molecule has 5 nitrogen and oxygen atoms in total. The van der Waals surface area contributed by atoms with Gasteiger partial charge < -0.3 is 5.73 Å². The summed E-state index contributed by atoms with van der Waals surface area (Å²) in [6, 6.07) is 12.4. The summed E-state index contributed by atoms with van der Waals surface area (Å²) in [5, 5.41) is 0. The molecule has 0 saturated heterocycles. The van der Waals surface area contributed by atoms with E-state index in [1.54, 1.807) is 6.20 Å². The molecule has 2 N–H and O–H groups in total. The Bertz CT molecular complexity index is 915. The maximum atomic E-state index is 13.8. The van der Waals surface area contributed by atoms with Crippen LogP contribution in [-0.4, -0.2) is 27.8 Å². The number of guanidine groups is 1. The van der Waals surface area contributed by atoms with Gasteiger partial charge in [-0.3, -0.25) is 14.7 Å². The first-order valence-electron chi connectivity index (χ1n) is 10.4. The molecule has 1 aliphatic heterocycles. The minimum atomic E-state index is -0.847. The molecule has 1 atom stereocenters. The molecule has 2 heterocycles. The molecule has 0 spiro atoms. The maximum absolute atomic E-state index is 13.8. The fourth-order valence-electron chi connectivity index (χ4n) is 4.92. The highest BCUT2D eigenvalue weighted by Gasteiger charge is 2.59. The molecule has 2 aliphatic carbocycles. The molecular formula is C23H26N4O. The molecule has 3 aliphatic rings. The highest BCUT2D eigenvalue weighted by atomic mass is 16.2. The van der Waals surface area contributed by atoms with Crippen molar-refractivity contribution in [2.75, 3.05) is 0 Å². The van der Waals surface area contributed by atoms with Gasteiger partial charge in [-0.05, 0) is 60.4 Å². The third-order valence-electron chi connectivity index (χ3n) is 6.49. The number of amides is 1. The van der Waals surface area contributed by atoms with E-state index in [0.29, 0.717) is 5.96 Å². The van der Waals surface area contributed by atoms with Gasteiger partial charge in [0.1, 0.15) is 0 Å². The van der Waals surface area contributed by atoms with Crippen LogP contribution in [0.25, 0.3) is 11.1 Å². The largest absolute Gasteiger partial charge is 0.369 e. The summed E-state index contributed by atoms with van der Waals surface area (Å²) in [5.41, 5.74) is 8.59. The number of nitrogens with zero attached hydrogens (tertiary/aromatic N) is 3. The number of pyridine rings is 1. The van der Waals surface area contributed by atoms with Gasteiger partial charge in [0, 0.05) is 18.4 Å². The van der Waals surface area contributed by atoms with E-state index in [4.69, 9.17) is 10.7 Å². The lowest BCUT2D eigenvalue weighted by molar-refractivity contribution is -0.134. The van der Waals surface area contributed by atoms with E-state index in [2.05, 4.69) is 17.1 Å². The molecule has 5 heteroatoms. The van der Waals surface area contributed by atoms with Gasteiger partial charge >= 0.3 is 0 Å². The normalized spacial score (nSPS) is 25.8. The van der Waals surface area contributed by atoms with Crippen LogP contribution in [0.4, 0.5) is 0 Å². The standard InChI is InChI=1S/C23H26N4O/c24-22-26-23(18-11-12-18,21(28)27(22)20-9-2-1-3-10-20)19-8-4-6-16(14-19)17-7-5-13-25-15-17/h4-8,13-15,18,20H,1-3,9-12H2,(H2,24,26). The van der Waals surface area contributed by atoms with Gasteiger partial charge in [0.05, 0.1) is 0 Å². The van der Waals surface area contributed by atoms with Gasteiger partial charge in [-0.25, -0.2) is 4.99 Å². The maximum Gasteiger partial charge on any atom is 0.262 e. The Hall–Kier alpha value is -2.69. The Labute approximate surface area is 165 Å². The van der Waals surface area contributed by atoms with Crippen molar-refractivity contribution >= 4 is 11.9 Å². The topological polar surface area (TPSA) is 71.6 Å². The van der Waals surface area contributed by atoms with E-state index in [9.17, 15) is 4.79 Å². The van der Waals surface area contributed by atoms with Crippen LogP contribution in [0.2, 0.25) is 0 Å². The summed E-state index contributed by atoms with van der Waals surface area (Å²) in [7, 11) is 0. The molecule has 28 heavy (non-hydrogen) atoms. The first-order valence-corrected chi connectivity index (χ1v) is 10.4. The molecular weight excluding hydrogens is 348 g/mol. The van der Waals surface area contributed by atoms with E-state index >= 15 is 0 Å². The van der Waals surface area contributed by atoms with E-state index in [1.165, 1.54) is 6.42 Å². The van der Waals surface area contributed by atoms with Crippen molar-refractivity contribution in [1.82, 2.24) is 9.88 Å². The molecule has 1 amide bonds. The van der Waals surface area contributed by atoms with Crippen molar-refractivity contribution in [1.29, 1.82) is 0 Å². The van der Waals surface area contributed by atoms with E-state index in [0.717, 1.165) is 55.2 Å². The first kappa shape index (κ1) is 17.4. The lowest BCUT2D eigenvalue weighted by Gasteiger charge is -2.33. The summed E-state index contributed by atoms with van der Waals surface area (Å²) in [6.45, 7) is 0. The quantitative estimate of drug-likeness (QED) is 0.884. The minimum Gasteiger partial charge on any atom is -0.369 e. The van der Waals surface area contributed by atoms with Crippen LogP contribution in [0.15, 0.2) is 53.8 Å². The molecule has 2 fully saturated rings. The van der Waals surface area contributed by atoms with Crippen LogP contribution in [0.5, 0.6) is 0 Å². The molecule has 1 unspecified atom stereocenters. The average Bonchev–Trinajstić information content (AvgIpc) is 3.56. The predicted octanol–water partition coefficient (Wildman–Crippen LogP) is 3.84. The van der Waals surface area contributed by atoms with Gasteiger partial charge in [-0.2, -0.15) is 0 Å². The van der Waals surface area contributed by atoms with Crippen LogP contribution in [-0.2, 0) is 10.3 Å². The molecule has 1 aromatic heterocycles. The Morgan fingerprint density at radius 1 is 1.00 bits per heavy atom. The minimum absolute atomic E-state index is 0.0859. The summed E-state index contributed by atoms with van der Waals surface area (Å²) >= 11 is 0. The van der Waals surface area contributed by atoms with Crippen LogP contribution in [0.3, 0.4) is 0 Å². The van der Waals surface area contributed by atoms with Gasteiger partial charge in [0.2, 0.25) is 0 Å². The third-order valence-corrected chi connectivity index (χ3v) is 6.49. The molecule has 0 radical (unpaired) electrons. The highest BCUT2D eigenvalue weighted by molar-refractivity contribution is 6.08. The molecule has 2 aromatic rings. The first-order chi connectivity index (χ1) is 13.7. The monoisotopic (exact) mass is 374 g/mol. The lowest BCUT2D eigenvalue weighted by atomic mass is 9.83. The SMILES string of the molecule is NC1=NC(c2cccc(-c3cccnc3)c2)(C2CC2)C(=O)N1C1CCCCC1. The number of hydrogen-bond donors (Lipinski definition) is 1. The fourth-order valence-corrected chi connectivity index (χ4v) is 4.92. The van der Waals surface area contributed by atoms with Gasteiger partial charge in [0.25, 0.3) is 5.91 Å². The third kappa shape index (κ3) is 2.72. The van der Waals surface area contributed by atoms with Crippen LogP contribution in [0, 0.1) is 5.92 Å². The Morgan fingerprint density at radius 2 is 1.79 bits per heavy atom. The second kappa shape index (κ2) is 6.73. The molecule has 1 aromatic carbocycles. The second-order valence-corrected chi connectivity index (χ2v) is 8.30. The number of hydrogen-bond acceptors (Lipinski definition) is 4. The molecule has 2 saturated carbocycles. The predicted molar refractivity (Wildman–Crippen MR) is 109 cm³/mol. The number of rotatable bonds is 4. The zero-order chi connectivity index (χ0) is 19.1. The van der Waals surface area contributed by atoms with Crippen molar-refractivity contribution in [3.05, 3.63) is 54.4 Å². The molecule has 5 rings (SSSR count). The average molecular weight is 374 g/mol. The number of nitrogens with two attached hydrogens (primary N) is 1. The summed E-state index contributed by atoms with van der Waals surface area (Å²) in [5.74, 6) is 0.745.